The monoisotopic (exact) mass is 459 g/mol. The summed E-state index contributed by atoms with van der Waals surface area (Å²) in [5.74, 6) is -1.57. The molecule has 0 aliphatic rings. The lowest BCUT2D eigenvalue weighted by Gasteiger charge is -2.11. The molecule has 3 aromatic carbocycles. The molecule has 172 valence electrons. The summed E-state index contributed by atoms with van der Waals surface area (Å²) in [6, 6.07) is 18.8. The van der Waals surface area contributed by atoms with E-state index < -0.39 is 17.6 Å². The van der Waals surface area contributed by atoms with Crippen molar-refractivity contribution in [2.24, 2.45) is 0 Å². The Labute approximate surface area is 195 Å². The van der Waals surface area contributed by atoms with Crippen LogP contribution in [-0.4, -0.2) is 24.3 Å². The highest BCUT2D eigenvalue weighted by molar-refractivity contribution is 6.05. The van der Waals surface area contributed by atoms with Crippen LogP contribution in [0, 0.1) is 12.7 Å². The van der Waals surface area contributed by atoms with Gasteiger partial charge in [0.1, 0.15) is 11.6 Å². The van der Waals surface area contributed by atoms with Gasteiger partial charge in [0.25, 0.3) is 5.91 Å². The number of fused-ring (bicyclic) bond motifs is 1. The van der Waals surface area contributed by atoms with Crippen LogP contribution in [0.2, 0.25) is 0 Å². The van der Waals surface area contributed by atoms with Crippen molar-refractivity contribution in [3.63, 3.8) is 0 Å². The summed E-state index contributed by atoms with van der Waals surface area (Å²) < 4.78 is 19.3. The van der Waals surface area contributed by atoms with Gasteiger partial charge in [-0.15, -0.1) is 0 Å². The third-order valence-corrected chi connectivity index (χ3v) is 5.28. The number of benzene rings is 3. The van der Waals surface area contributed by atoms with E-state index in [1.807, 2.05) is 42.5 Å². The molecule has 8 heteroatoms. The van der Waals surface area contributed by atoms with E-state index in [9.17, 15) is 18.8 Å². The minimum absolute atomic E-state index is 0.0941. The van der Waals surface area contributed by atoms with Gasteiger partial charge in [-0.3, -0.25) is 14.4 Å². The molecule has 4 aromatic rings. The van der Waals surface area contributed by atoms with Gasteiger partial charge in [0.05, 0.1) is 30.5 Å². The highest BCUT2D eigenvalue weighted by Crippen LogP contribution is 2.22. The largest absolute Gasteiger partial charge is 0.469 e. The topological polar surface area (TPSA) is 100 Å². The van der Waals surface area contributed by atoms with Gasteiger partial charge in [0.2, 0.25) is 11.8 Å². The van der Waals surface area contributed by atoms with E-state index in [2.05, 4.69) is 16.0 Å². The van der Waals surface area contributed by atoms with Crippen LogP contribution in [0.4, 0.5) is 15.8 Å². The van der Waals surface area contributed by atoms with Crippen LogP contribution in [0.5, 0.6) is 0 Å². The first kappa shape index (κ1) is 22.7. The molecule has 3 N–H and O–H groups in total. The molecular weight excluding hydrogens is 437 g/mol. The molecule has 4 rings (SSSR count). The molecule has 0 aliphatic heterocycles. The number of aryl methyl sites for hydroxylation is 1. The van der Waals surface area contributed by atoms with Crippen LogP contribution >= 0.6 is 0 Å². The summed E-state index contributed by atoms with van der Waals surface area (Å²) in [6.07, 6.45) is 1.50. The van der Waals surface area contributed by atoms with Crippen LogP contribution in [0.25, 0.3) is 10.8 Å². The zero-order chi connectivity index (χ0) is 24.1. The molecule has 0 radical (unpaired) electrons. The van der Waals surface area contributed by atoms with Crippen molar-refractivity contribution in [2.75, 3.05) is 17.2 Å². The van der Waals surface area contributed by atoms with Crippen LogP contribution in [0.1, 0.15) is 21.7 Å². The van der Waals surface area contributed by atoms with Crippen LogP contribution < -0.4 is 16.0 Å². The molecule has 0 bridgehead atoms. The fourth-order valence-corrected chi connectivity index (χ4v) is 3.58. The quantitative estimate of drug-likeness (QED) is 0.381. The van der Waals surface area contributed by atoms with Gasteiger partial charge in [-0.1, -0.05) is 42.5 Å². The standard InChI is InChI=1S/C26H22FN3O4/c1-16-20(11-12-34-16)26(33)30-23-14-19(9-10-22(23)27)29-25(32)15-28-24(31)13-18-7-4-6-17-5-2-3-8-21(17)18/h2-12,14H,13,15H2,1H3,(H,28,31)(H,29,32)(H,30,33). The number of amides is 3. The molecule has 0 aliphatic carbocycles. The molecule has 1 heterocycles. The van der Waals surface area contributed by atoms with Crippen molar-refractivity contribution in [1.82, 2.24) is 5.32 Å². The Balaban J connectivity index is 1.34. The number of carbonyl (C=O) groups is 3. The molecule has 0 fully saturated rings. The summed E-state index contributed by atoms with van der Waals surface area (Å²) in [5.41, 5.74) is 1.32. The first-order chi connectivity index (χ1) is 16.4. The second-order valence-corrected chi connectivity index (χ2v) is 7.68. The Morgan fingerprint density at radius 1 is 0.912 bits per heavy atom. The molecule has 0 unspecified atom stereocenters. The zero-order valence-corrected chi connectivity index (χ0v) is 18.4. The average molecular weight is 459 g/mol. The minimum atomic E-state index is -0.657. The number of rotatable bonds is 7. The van der Waals surface area contributed by atoms with E-state index in [-0.39, 0.29) is 35.8 Å². The van der Waals surface area contributed by atoms with Crippen LogP contribution in [-0.2, 0) is 16.0 Å². The predicted octanol–water partition coefficient (Wildman–Crippen LogP) is 4.43. The highest BCUT2D eigenvalue weighted by Gasteiger charge is 2.15. The Bertz CT molecular complexity index is 1370. The fraction of sp³-hybridized carbons (Fsp3) is 0.115. The lowest BCUT2D eigenvalue weighted by molar-refractivity contribution is -0.123. The van der Waals surface area contributed by atoms with E-state index in [0.717, 1.165) is 22.4 Å². The number of nitrogens with one attached hydrogen (secondary N) is 3. The van der Waals surface area contributed by atoms with Gasteiger partial charge in [0, 0.05) is 5.69 Å². The van der Waals surface area contributed by atoms with Gasteiger partial charge in [-0.05, 0) is 47.5 Å². The summed E-state index contributed by atoms with van der Waals surface area (Å²) in [6.45, 7) is 1.37. The van der Waals surface area contributed by atoms with Crippen molar-refractivity contribution in [1.29, 1.82) is 0 Å². The summed E-state index contributed by atoms with van der Waals surface area (Å²) in [5, 5.41) is 9.66. The predicted molar refractivity (Wildman–Crippen MR) is 127 cm³/mol. The second kappa shape index (κ2) is 9.99. The van der Waals surface area contributed by atoms with Crippen molar-refractivity contribution >= 4 is 39.9 Å². The van der Waals surface area contributed by atoms with Crippen LogP contribution in [0.3, 0.4) is 0 Å². The van der Waals surface area contributed by atoms with E-state index in [1.54, 1.807) is 6.92 Å². The molecule has 34 heavy (non-hydrogen) atoms. The Hall–Kier alpha value is -4.46. The molecule has 7 nitrogen and oxygen atoms in total. The number of furan rings is 1. The Kier molecular flexibility index (Phi) is 6.68. The third-order valence-electron chi connectivity index (χ3n) is 5.28. The minimum Gasteiger partial charge on any atom is -0.469 e. The molecular formula is C26H22FN3O4. The molecule has 3 amide bonds. The fourth-order valence-electron chi connectivity index (χ4n) is 3.58. The highest BCUT2D eigenvalue weighted by atomic mass is 19.1. The molecule has 0 saturated carbocycles. The lowest BCUT2D eigenvalue weighted by atomic mass is 10.0. The number of carbonyl (C=O) groups excluding carboxylic acids is 3. The summed E-state index contributed by atoms with van der Waals surface area (Å²) >= 11 is 0. The third kappa shape index (κ3) is 5.29. The number of halogens is 1. The maximum absolute atomic E-state index is 14.2. The second-order valence-electron chi connectivity index (χ2n) is 7.68. The van der Waals surface area contributed by atoms with Gasteiger partial charge in [-0.25, -0.2) is 4.39 Å². The number of hydrogen-bond acceptors (Lipinski definition) is 4. The number of anilines is 2. The Morgan fingerprint density at radius 2 is 1.71 bits per heavy atom. The van der Waals surface area contributed by atoms with Gasteiger partial charge in [0.15, 0.2) is 0 Å². The lowest BCUT2D eigenvalue weighted by Crippen LogP contribution is -2.33. The van der Waals surface area contributed by atoms with E-state index in [1.165, 1.54) is 24.5 Å². The molecule has 1 aromatic heterocycles. The smallest absolute Gasteiger partial charge is 0.259 e. The summed E-state index contributed by atoms with van der Waals surface area (Å²) in [7, 11) is 0. The van der Waals surface area contributed by atoms with Crippen molar-refractivity contribution in [3.05, 3.63) is 95.7 Å². The molecule has 0 spiro atoms. The maximum Gasteiger partial charge on any atom is 0.259 e. The zero-order valence-electron chi connectivity index (χ0n) is 18.4. The van der Waals surface area contributed by atoms with Crippen LogP contribution in [0.15, 0.2) is 77.4 Å². The van der Waals surface area contributed by atoms with Gasteiger partial charge in [-0.2, -0.15) is 0 Å². The number of hydrogen-bond donors (Lipinski definition) is 3. The normalized spacial score (nSPS) is 10.6. The first-order valence-corrected chi connectivity index (χ1v) is 10.6. The van der Waals surface area contributed by atoms with Crippen molar-refractivity contribution in [3.8, 4) is 0 Å². The maximum atomic E-state index is 14.2. The van der Waals surface area contributed by atoms with Gasteiger partial charge >= 0.3 is 0 Å². The van der Waals surface area contributed by atoms with E-state index >= 15 is 0 Å². The summed E-state index contributed by atoms with van der Waals surface area (Å²) in [4.78, 5) is 37.0. The first-order valence-electron chi connectivity index (χ1n) is 10.6. The molecule has 0 saturated heterocycles. The van der Waals surface area contributed by atoms with Gasteiger partial charge < -0.3 is 20.4 Å². The van der Waals surface area contributed by atoms with Crippen molar-refractivity contribution < 1.29 is 23.2 Å². The van der Waals surface area contributed by atoms with E-state index in [4.69, 9.17) is 4.42 Å². The van der Waals surface area contributed by atoms with Crippen molar-refractivity contribution in [2.45, 2.75) is 13.3 Å². The van der Waals surface area contributed by atoms with E-state index in [0.29, 0.717) is 5.76 Å². The average Bonchev–Trinajstić information content (AvgIpc) is 3.26. The SMILES string of the molecule is Cc1occc1C(=O)Nc1cc(NC(=O)CNC(=O)Cc2cccc3ccccc23)ccc1F. The Morgan fingerprint density at radius 3 is 2.50 bits per heavy atom. The molecule has 0 atom stereocenters.